The van der Waals surface area contributed by atoms with Crippen LogP contribution in [0.3, 0.4) is 0 Å². The Morgan fingerprint density at radius 1 is 0.741 bits per heavy atom. The number of benzene rings is 1. The SMILES string of the molecule is CC1=C(C)C(C)([PH2](C2CCCCC2)C2CCCCC2)c2c(C)ccc(C)c21. The maximum atomic E-state index is 2.71. The predicted octanol–water partition coefficient (Wildman–Crippen LogP) is 7.94. The molecule has 1 unspecified atom stereocenters. The normalized spacial score (nSPS) is 27.8. The van der Waals surface area contributed by atoms with Gasteiger partial charge in [-0.3, -0.25) is 0 Å². The van der Waals surface area contributed by atoms with Crippen molar-refractivity contribution in [1.82, 2.24) is 0 Å². The van der Waals surface area contributed by atoms with Gasteiger partial charge in [-0.1, -0.05) is 0 Å². The van der Waals surface area contributed by atoms with E-state index in [9.17, 15) is 0 Å². The molecule has 0 aliphatic heterocycles. The third-order valence-electron chi connectivity index (χ3n) is 8.84. The molecule has 0 bridgehead atoms. The Labute approximate surface area is 169 Å². The molecule has 0 saturated heterocycles. The topological polar surface area (TPSA) is 0 Å². The summed E-state index contributed by atoms with van der Waals surface area (Å²) in [5.74, 6) is 0. The molecule has 0 aromatic heterocycles. The van der Waals surface area contributed by atoms with Crippen molar-refractivity contribution in [3.63, 3.8) is 0 Å². The van der Waals surface area contributed by atoms with Crippen molar-refractivity contribution in [2.24, 2.45) is 0 Å². The summed E-state index contributed by atoms with van der Waals surface area (Å²) in [6.07, 6.45) is 15.1. The molecular formula is C26H41P. The molecular weight excluding hydrogens is 343 g/mol. The van der Waals surface area contributed by atoms with E-state index in [4.69, 9.17) is 0 Å². The van der Waals surface area contributed by atoms with Crippen molar-refractivity contribution < 1.29 is 0 Å². The molecule has 0 amide bonds. The van der Waals surface area contributed by atoms with Crippen LogP contribution in [0.15, 0.2) is 17.7 Å². The summed E-state index contributed by atoms with van der Waals surface area (Å²) in [6.45, 7) is 12.4. The molecule has 0 radical (unpaired) electrons. The molecule has 0 N–H and O–H groups in total. The van der Waals surface area contributed by atoms with Crippen LogP contribution in [0.1, 0.15) is 107 Å². The van der Waals surface area contributed by atoms with E-state index in [1.165, 1.54) is 69.8 Å². The van der Waals surface area contributed by atoms with Gasteiger partial charge in [0.2, 0.25) is 0 Å². The Morgan fingerprint density at radius 3 is 1.74 bits per heavy atom. The minimum absolute atomic E-state index is 0.388. The van der Waals surface area contributed by atoms with Crippen LogP contribution in [0, 0.1) is 13.8 Å². The van der Waals surface area contributed by atoms with E-state index >= 15 is 0 Å². The number of hydrogen-bond acceptors (Lipinski definition) is 0. The first kappa shape index (κ1) is 19.7. The second kappa shape index (κ2) is 7.67. The van der Waals surface area contributed by atoms with Crippen LogP contribution in [0.4, 0.5) is 0 Å². The van der Waals surface area contributed by atoms with Crippen LogP contribution in [0.25, 0.3) is 5.57 Å². The summed E-state index contributed by atoms with van der Waals surface area (Å²) >= 11 is 0. The summed E-state index contributed by atoms with van der Waals surface area (Å²) in [6, 6.07) is 4.79. The molecule has 27 heavy (non-hydrogen) atoms. The van der Waals surface area contributed by atoms with E-state index in [1.54, 1.807) is 27.8 Å². The summed E-state index contributed by atoms with van der Waals surface area (Å²) in [5, 5.41) is 0.388. The zero-order valence-electron chi connectivity index (χ0n) is 18.5. The van der Waals surface area contributed by atoms with Gasteiger partial charge in [-0.2, -0.15) is 0 Å². The molecule has 3 aliphatic rings. The van der Waals surface area contributed by atoms with Gasteiger partial charge in [-0.25, -0.2) is 0 Å². The Morgan fingerprint density at radius 2 is 1.22 bits per heavy atom. The van der Waals surface area contributed by atoms with Crippen molar-refractivity contribution >= 4 is 13.5 Å². The van der Waals surface area contributed by atoms with Crippen LogP contribution < -0.4 is 0 Å². The van der Waals surface area contributed by atoms with Crippen LogP contribution in [0.2, 0.25) is 0 Å². The van der Waals surface area contributed by atoms with Crippen molar-refractivity contribution in [1.29, 1.82) is 0 Å². The van der Waals surface area contributed by atoms with Crippen LogP contribution in [-0.4, -0.2) is 11.3 Å². The number of aryl methyl sites for hydroxylation is 2. The van der Waals surface area contributed by atoms with Gasteiger partial charge in [-0.15, -0.1) is 0 Å². The Bertz CT molecular complexity index is 713. The fourth-order valence-electron chi connectivity index (χ4n) is 7.46. The molecule has 4 rings (SSSR count). The first-order valence-electron chi connectivity index (χ1n) is 11.7. The molecule has 150 valence electrons. The van der Waals surface area contributed by atoms with E-state index in [2.05, 4.69) is 46.8 Å². The average molecular weight is 385 g/mol. The van der Waals surface area contributed by atoms with Crippen molar-refractivity contribution in [2.75, 3.05) is 0 Å². The molecule has 0 nitrogen and oxygen atoms in total. The molecule has 2 saturated carbocycles. The molecule has 1 aromatic rings. The van der Waals surface area contributed by atoms with E-state index < -0.39 is 7.92 Å². The fourth-order valence-corrected chi connectivity index (χ4v) is 13.9. The van der Waals surface area contributed by atoms with E-state index in [1.807, 2.05) is 0 Å². The Hall–Kier alpha value is -0.610. The van der Waals surface area contributed by atoms with Gasteiger partial charge in [0.05, 0.1) is 0 Å². The van der Waals surface area contributed by atoms with Crippen LogP contribution >= 0.6 is 7.92 Å². The zero-order chi connectivity index (χ0) is 19.2. The first-order chi connectivity index (χ1) is 13.0. The standard InChI is InChI=1S/C26H41P/c1-18-16-17-19(2)25-24(18)20(3)21(4)26(25,5)27(22-12-8-6-9-13-22)23-14-10-7-11-15-23/h16-17,22-23H,6-15,27H2,1-5H3. The Kier molecular flexibility index (Phi) is 5.59. The van der Waals surface area contributed by atoms with Gasteiger partial charge >= 0.3 is 169 Å². The quantitative estimate of drug-likeness (QED) is 0.464. The Balaban J connectivity index is 1.87. The van der Waals surface area contributed by atoms with Crippen molar-refractivity contribution in [2.45, 2.75) is 115 Å². The third-order valence-corrected chi connectivity index (χ3v) is 14.3. The number of rotatable bonds is 3. The minimum atomic E-state index is -1.00. The van der Waals surface area contributed by atoms with Crippen LogP contribution in [-0.2, 0) is 5.16 Å². The average Bonchev–Trinajstić information content (AvgIpc) is 2.89. The monoisotopic (exact) mass is 384 g/mol. The molecule has 2 fully saturated rings. The summed E-state index contributed by atoms with van der Waals surface area (Å²) in [7, 11) is -1.00. The molecule has 0 heterocycles. The molecule has 3 aliphatic carbocycles. The first-order valence-corrected chi connectivity index (χ1v) is 13.7. The third kappa shape index (κ3) is 3.15. The maximum absolute atomic E-state index is 2.71. The number of allylic oxidation sites excluding steroid dienone is 2. The molecule has 0 spiro atoms. The molecule has 1 heteroatoms. The summed E-state index contributed by atoms with van der Waals surface area (Å²) < 4.78 is 0. The molecule has 1 atom stereocenters. The van der Waals surface area contributed by atoms with E-state index in [0.717, 1.165) is 11.3 Å². The van der Waals surface area contributed by atoms with Gasteiger partial charge in [0, 0.05) is 0 Å². The van der Waals surface area contributed by atoms with E-state index in [0.29, 0.717) is 5.16 Å². The van der Waals surface area contributed by atoms with Gasteiger partial charge in [0.25, 0.3) is 0 Å². The summed E-state index contributed by atoms with van der Waals surface area (Å²) in [5.41, 5.74) is 12.0. The predicted molar refractivity (Wildman–Crippen MR) is 125 cm³/mol. The van der Waals surface area contributed by atoms with Crippen molar-refractivity contribution in [3.05, 3.63) is 40.0 Å². The second-order valence-corrected chi connectivity index (χ2v) is 14.3. The summed E-state index contributed by atoms with van der Waals surface area (Å²) in [4.78, 5) is 0. The zero-order valence-corrected chi connectivity index (χ0v) is 19.6. The van der Waals surface area contributed by atoms with Crippen molar-refractivity contribution in [3.8, 4) is 0 Å². The van der Waals surface area contributed by atoms with Gasteiger partial charge in [-0.05, 0) is 0 Å². The van der Waals surface area contributed by atoms with Crippen LogP contribution in [0.5, 0.6) is 0 Å². The second-order valence-electron chi connectivity index (χ2n) is 10.2. The number of fused-ring (bicyclic) bond motifs is 1. The van der Waals surface area contributed by atoms with E-state index in [-0.39, 0.29) is 0 Å². The fraction of sp³-hybridized carbons (Fsp3) is 0.692. The molecule has 1 aromatic carbocycles. The van der Waals surface area contributed by atoms with Gasteiger partial charge in [0.1, 0.15) is 0 Å². The van der Waals surface area contributed by atoms with Gasteiger partial charge < -0.3 is 0 Å². The number of hydrogen-bond donors (Lipinski definition) is 0. The van der Waals surface area contributed by atoms with Gasteiger partial charge in [0.15, 0.2) is 0 Å².